The Hall–Kier alpha value is -7.57. The fraction of sp³-hybridized carbons (Fsp3) is 0.109. The van der Waals surface area contributed by atoms with Crippen molar-refractivity contribution in [1.82, 2.24) is 9.13 Å². The lowest BCUT2D eigenvalue weighted by molar-refractivity contribution is -0.142. The quantitative estimate of drug-likeness (QED) is 0.159. The lowest BCUT2D eigenvalue weighted by Gasteiger charge is -2.21. The van der Waals surface area contributed by atoms with Gasteiger partial charge in [0.15, 0.2) is 0 Å². The minimum Gasteiger partial charge on any atom is -0.307 e. The number of fused-ring (bicyclic) bond motifs is 6. The lowest BCUT2D eigenvalue weighted by Crippen LogP contribution is -2.13. The van der Waals surface area contributed by atoms with Gasteiger partial charge in [-0.1, -0.05) is 113 Å². The summed E-state index contributed by atoms with van der Waals surface area (Å²) in [5, 5.41) is 14.4. The fourth-order valence-electron chi connectivity index (χ4n) is 9.55. The Morgan fingerprint density at radius 2 is 0.859 bits per heavy atom. The van der Waals surface area contributed by atoms with Crippen molar-refractivity contribution in [3.05, 3.63) is 191 Å². The molecule has 0 unspecified atom stereocenters. The van der Waals surface area contributed by atoms with Crippen LogP contribution in [0.15, 0.2) is 152 Å². The van der Waals surface area contributed by atoms with Crippen LogP contribution in [0.4, 0.5) is 26.3 Å². The maximum Gasteiger partial charge on any atom is 0.417 e. The molecule has 10 aromatic rings. The molecule has 2 heterocycles. The number of hydrogen-bond acceptors (Lipinski definition) is 1. The number of benzene rings is 8. The van der Waals surface area contributed by atoms with E-state index in [1.54, 1.807) is 6.07 Å². The summed E-state index contributed by atoms with van der Waals surface area (Å²) in [7, 11) is 0. The number of halogens is 6. The zero-order valence-corrected chi connectivity index (χ0v) is 35.0. The Morgan fingerprint density at radius 1 is 0.406 bits per heavy atom. The van der Waals surface area contributed by atoms with Crippen LogP contribution in [-0.4, -0.2) is 9.13 Å². The highest BCUT2D eigenvalue weighted by Gasteiger charge is 2.39. The zero-order valence-electron chi connectivity index (χ0n) is 35.0. The molecular weight excluding hydrogens is 817 g/mol. The van der Waals surface area contributed by atoms with Crippen molar-refractivity contribution in [3.8, 4) is 50.8 Å². The van der Waals surface area contributed by atoms with Crippen molar-refractivity contribution < 1.29 is 26.3 Å². The van der Waals surface area contributed by atoms with Gasteiger partial charge in [0.25, 0.3) is 0 Å². The Kier molecular flexibility index (Phi) is 9.35. The van der Waals surface area contributed by atoms with Gasteiger partial charge in [0.2, 0.25) is 0 Å². The largest absolute Gasteiger partial charge is 0.417 e. The standard InChI is InChI=1S/C55H37F6N3/c1-31-19-32(2)22-37(21-31)35-13-17-50-45(25-35)42-9-5-7-11-48(42)63(50)52-27-39(30-62)44(41-16-15-40(54(56,57)58)28-47(41)55(59,60)61)29-53(52)64-49-12-8-6-10-43(49)46-26-36(14-18-51(46)64)38-23-33(3)20-34(4)24-38/h5-29H,1-4H3. The Morgan fingerprint density at radius 3 is 1.31 bits per heavy atom. The van der Waals surface area contributed by atoms with Gasteiger partial charge >= 0.3 is 12.4 Å². The molecule has 0 aliphatic carbocycles. The third kappa shape index (κ3) is 6.78. The van der Waals surface area contributed by atoms with Crippen LogP contribution in [0.25, 0.3) is 88.4 Å². The third-order valence-corrected chi connectivity index (χ3v) is 12.1. The minimum absolute atomic E-state index is 0.124. The first-order chi connectivity index (χ1) is 30.6. The van der Waals surface area contributed by atoms with Gasteiger partial charge in [-0.2, -0.15) is 31.6 Å². The van der Waals surface area contributed by atoms with Crippen molar-refractivity contribution >= 4 is 43.6 Å². The van der Waals surface area contributed by atoms with Crippen molar-refractivity contribution in [2.75, 3.05) is 0 Å². The average molecular weight is 854 g/mol. The molecule has 0 aliphatic rings. The monoisotopic (exact) mass is 853 g/mol. The number of rotatable bonds is 5. The molecular formula is C55H37F6N3. The van der Waals surface area contributed by atoms with Gasteiger partial charge in [-0.05, 0) is 116 Å². The molecule has 0 bridgehead atoms. The highest BCUT2D eigenvalue weighted by atomic mass is 19.4. The van der Waals surface area contributed by atoms with Crippen LogP contribution in [0.1, 0.15) is 38.9 Å². The summed E-state index contributed by atoms with van der Waals surface area (Å²) in [4.78, 5) is 0. The fourth-order valence-corrected chi connectivity index (χ4v) is 9.55. The molecule has 0 amide bonds. The third-order valence-electron chi connectivity index (χ3n) is 12.1. The second-order valence-electron chi connectivity index (χ2n) is 16.7. The Balaban J connectivity index is 1.33. The van der Waals surface area contributed by atoms with Crippen LogP contribution in [0.5, 0.6) is 0 Å². The second kappa shape index (κ2) is 14.8. The molecule has 64 heavy (non-hydrogen) atoms. The van der Waals surface area contributed by atoms with Crippen LogP contribution < -0.4 is 0 Å². The molecule has 0 spiro atoms. The average Bonchev–Trinajstić information content (AvgIpc) is 3.76. The molecule has 9 heteroatoms. The SMILES string of the molecule is Cc1cc(C)cc(-c2ccc3c(c2)c2ccccc2n3-c2cc(C#N)c(-c3ccc(C(F)(F)F)cc3C(F)(F)F)cc2-n2c3ccccc3c3cc(-c4cc(C)cc(C)c4)ccc32)c1. The highest BCUT2D eigenvalue weighted by molar-refractivity contribution is 6.13. The van der Waals surface area contributed by atoms with E-state index in [1.165, 1.54) is 6.07 Å². The molecule has 0 saturated heterocycles. The zero-order chi connectivity index (χ0) is 44.8. The van der Waals surface area contributed by atoms with Gasteiger partial charge in [-0.25, -0.2) is 0 Å². The lowest BCUT2D eigenvalue weighted by atomic mass is 9.92. The van der Waals surface area contributed by atoms with Gasteiger partial charge in [0.1, 0.15) is 0 Å². The van der Waals surface area contributed by atoms with Gasteiger partial charge in [-0.15, -0.1) is 0 Å². The molecule has 0 N–H and O–H groups in total. The smallest absolute Gasteiger partial charge is 0.307 e. The van der Waals surface area contributed by atoms with E-state index in [0.717, 1.165) is 94.2 Å². The number of hydrogen-bond donors (Lipinski definition) is 0. The summed E-state index contributed by atoms with van der Waals surface area (Å²) in [5.74, 6) is 0. The molecule has 0 radical (unpaired) electrons. The van der Waals surface area contributed by atoms with Crippen molar-refractivity contribution in [1.29, 1.82) is 5.26 Å². The molecule has 314 valence electrons. The Labute approximate surface area is 364 Å². The van der Waals surface area contributed by atoms with Crippen molar-refractivity contribution in [2.24, 2.45) is 0 Å². The highest BCUT2D eigenvalue weighted by Crippen LogP contribution is 2.46. The molecule has 0 aliphatic heterocycles. The first kappa shape index (κ1) is 40.5. The van der Waals surface area contributed by atoms with E-state index in [1.807, 2.05) is 95.8 Å². The number of aromatic nitrogens is 2. The molecule has 2 aromatic heterocycles. The molecule has 0 saturated carbocycles. The molecule has 0 fully saturated rings. The van der Waals surface area contributed by atoms with Crippen molar-refractivity contribution in [3.63, 3.8) is 0 Å². The molecule has 0 atom stereocenters. The van der Waals surface area contributed by atoms with E-state index in [2.05, 4.69) is 68.4 Å². The number of alkyl halides is 6. The van der Waals surface area contributed by atoms with Crippen LogP contribution in [0, 0.1) is 39.0 Å². The van der Waals surface area contributed by atoms with Gasteiger partial charge in [0.05, 0.1) is 56.2 Å². The molecule has 3 nitrogen and oxygen atoms in total. The summed E-state index contributed by atoms with van der Waals surface area (Å²) < 4.78 is 90.7. The first-order valence-electron chi connectivity index (χ1n) is 20.7. The van der Waals surface area contributed by atoms with Crippen molar-refractivity contribution in [2.45, 2.75) is 40.0 Å². The normalized spacial score (nSPS) is 12.2. The topological polar surface area (TPSA) is 33.6 Å². The Bertz CT molecular complexity index is 3560. The first-order valence-corrected chi connectivity index (χ1v) is 20.7. The number of para-hydroxylation sites is 2. The number of aryl methyl sites for hydroxylation is 4. The maximum atomic E-state index is 14.9. The van der Waals surface area contributed by atoms with Gasteiger partial charge in [-0.3, -0.25) is 0 Å². The van der Waals surface area contributed by atoms with E-state index in [4.69, 9.17) is 0 Å². The maximum absolute atomic E-state index is 14.9. The van der Waals surface area contributed by atoms with Gasteiger partial charge < -0.3 is 9.13 Å². The second-order valence-corrected chi connectivity index (χ2v) is 16.7. The van der Waals surface area contributed by atoms with Crippen LogP contribution in [-0.2, 0) is 12.4 Å². The summed E-state index contributed by atoms with van der Waals surface area (Å²) >= 11 is 0. The van der Waals surface area contributed by atoms with Crippen LogP contribution >= 0.6 is 0 Å². The van der Waals surface area contributed by atoms with E-state index < -0.39 is 29.0 Å². The summed E-state index contributed by atoms with van der Waals surface area (Å²) in [5.41, 5.74) is 8.75. The van der Waals surface area contributed by atoms with Crippen LogP contribution in [0.2, 0.25) is 0 Å². The molecule has 8 aromatic carbocycles. The predicted octanol–water partition coefficient (Wildman–Crippen LogP) is 16.0. The van der Waals surface area contributed by atoms with E-state index >= 15 is 0 Å². The summed E-state index contributed by atoms with van der Waals surface area (Å²) in [6.07, 6.45) is -10.2. The summed E-state index contributed by atoms with van der Waals surface area (Å²) in [6.45, 7) is 8.20. The number of nitriles is 1. The van der Waals surface area contributed by atoms with Gasteiger partial charge in [0, 0.05) is 27.1 Å². The number of nitrogens with zero attached hydrogens (tertiary/aromatic N) is 3. The minimum atomic E-state index is -5.18. The van der Waals surface area contributed by atoms with E-state index in [0.29, 0.717) is 17.4 Å². The van der Waals surface area contributed by atoms with Crippen LogP contribution in [0.3, 0.4) is 0 Å². The summed E-state index contributed by atoms with van der Waals surface area (Å²) in [6, 6.07) is 47.4. The van der Waals surface area contributed by atoms with E-state index in [-0.39, 0.29) is 17.2 Å². The molecule has 10 rings (SSSR count). The van der Waals surface area contributed by atoms with E-state index in [9.17, 15) is 31.6 Å². The predicted molar refractivity (Wildman–Crippen MR) is 245 cm³/mol.